The molecule has 2 heterocycles. The number of ether oxygens (including phenoxy) is 4. The molecule has 1 aliphatic heterocycles. The number of alkyl halides is 3. The van der Waals surface area contributed by atoms with Crippen LogP contribution in [0.5, 0.6) is 5.88 Å². The van der Waals surface area contributed by atoms with Gasteiger partial charge in [-0.25, -0.2) is 14.6 Å². The lowest BCUT2D eigenvalue weighted by molar-refractivity contribution is -0.151. The molecule has 12 heteroatoms. The zero-order chi connectivity index (χ0) is 31.4. The fourth-order valence-electron chi connectivity index (χ4n) is 5.34. The van der Waals surface area contributed by atoms with Crippen LogP contribution < -0.4 is 4.74 Å². The van der Waals surface area contributed by atoms with Gasteiger partial charge in [0, 0.05) is 22.7 Å². The molecule has 1 aliphatic rings. The van der Waals surface area contributed by atoms with Crippen LogP contribution in [0.3, 0.4) is 0 Å². The highest BCUT2D eigenvalue weighted by molar-refractivity contribution is 6.30. The van der Waals surface area contributed by atoms with E-state index in [9.17, 15) is 22.8 Å². The number of amides is 1. The Morgan fingerprint density at radius 3 is 2.43 bits per heavy atom. The number of aryl methyl sites for hydroxylation is 1. The summed E-state index contributed by atoms with van der Waals surface area (Å²) in [7, 11) is 1.29. The predicted octanol–water partition coefficient (Wildman–Crippen LogP) is 6.93. The first-order valence-electron chi connectivity index (χ1n) is 13.4. The number of halogens is 4. The van der Waals surface area contributed by atoms with Gasteiger partial charge in [-0.1, -0.05) is 51.1 Å². The molecule has 1 fully saturated rings. The Hall–Kier alpha value is -3.31. The first-order valence-corrected chi connectivity index (χ1v) is 13.7. The van der Waals surface area contributed by atoms with E-state index in [0.29, 0.717) is 16.8 Å². The molecular formula is C30H36ClF3N2O6. The zero-order valence-electron chi connectivity index (χ0n) is 24.5. The van der Waals surface area contributed by atoms with Crippen LogP contribution in [0, 0.1) is 18.3 Å². The van der Waals surface area contributed by atoms with Gasteiger partial charge in [-0.2, -0.15) is 13.2 Å². The monoisotopic (exact) mass is 612 g/mol. The summed E-state index contributed by atoms with van der Waals surface area (Å²) < 4.78 is 63.1. The Morgan fingerprint density at radius 2 is 1.86 bits per heavy atom. The number of methoxy groups -OCH3 is 1. The lowest BCUT2D eigenvalue weighted by Crippen LogP contribution is -2.48. The average Bonchev–Trinajstić information content (AvgIpc) is 3.27. The van der Waals surface area contributed by atoms with E-state index in [0.717, 1.165) is 11.6 Å². The minimum atomic E-state index is -4.64. The van der Waals surface area contributed by atoms with Crippen LogP contribution in [-0.2, 0) is 31.8 Å². The van der Waals surface area contributed by atoms with Gasteiger partial charge in [-0.15, -0.1) is 0 Å². The number of aromatic nitrogens is 1. The second kappa shape index (κ2) is 13.3. The second-order valence-electron chi connectivity index (χ2n) is 11.0. The summed E-state index contributed by atoms with van der Waals surface area (Å²) in [5.41, 5.74) is -0.270. The highest BCUT2D eigenvalue weighted by Crippen LogP contribution is 2.51. The van der Waals surface area contributed by atoms with Gasteiger partial charge in [0.25, 0.3) is 0 Å². The molecule has 0 bridgehead atoms. The molecular weight excluding hydrogens is 577 g/mol. The summed E-state index contributed by atoms with van der Waals surface area (Å²) in [6.07, 6.45) is -4.30. The highest BCUT2D eigenvalue weighted by atomic mass is 35.5. The van der Waals surface area contributed by atoms with E-state index in [2.05, 4.69) is 11.6 Å². The van der Waals surface area contributed by atoms with E-state index in [1.165, 1.54) is 18.1 Å². The topological polar surface area (TPSA) is 87.2 Å². The van der Waals surface area contributed by atoms with Crippen molar-refractivity contribution in [3.8, 4) is 5.88 Å². The Balaban J connectivity index is 2.24. The number of carbonyl (C=O) groups excluding carboxylic acids is 2. The summed E-state index contributed by atoms with van der Waals surface area (Å²) in [6.45, 7) is 12.3. The molecule has 0 unspecified atom stereocenters. The number of pyridine rings is 1. The molecule has 0 saturated carbocycles. The van der Waals surface area contributed by atoms with E-state index >= 15 is 0 Å². The second-order valence-corrected chi connectivity index (χ2v) is 11.4. The number of esters is 1. The summed E-state index contributed by atoms with van der Waals surface area (Å²) >= 11 is 6.39. The van der Waals surface area contributed by atoms with Crippen molar-refractivity contribution in [2.24, 2.45) is 11.3 Å². The van der Waals surface area contributed by atoms with Crippen molar-refractivity contribution in [3.63, 3.8) is 0 Å². The fourth-order valence-corrected chi connectivity index (χ4v) is 5.52. The van der Waals surface area contributed by atoms with Crippen molar-refractivity contribution in [3.05, 3.63) is 70.4 Å². The molecule has 4 atom stereocenters. The number of benzene rings is 1. The van der Waals surface area contributed by atoms with E-state index in [4.69, 9.17) is 30.5 Å². The maximum atomic E-state index is 13.7. The summed E-state index contributed by atoms with van der Waals surface area (Å²) in [4.78, 5) is 32.3. The van der Waals surface area contributed by atoms with Crippen LogP contribution in [0.1, 0.15) is 56.0 Å². The average molecular weight is 613 g/mol. The van der Waals surface area contributed by atoms with Crippen LogP contribution in [0.25, 0.3) is 0 Å². The van der Waals surface area contributed by atoms with Crippen LogP contribution in [0.2, 0.25) is 5.02 Å². The maximum Gasteiger partial charge on any atom is 0.417 e. The highest BCUT2D eigenvalue weighted by Gasteiger charge is 2.60. The quantitative estimate of drug-likeness (QED) is 0.224. The standard InChI is InChI=1S/C30H36ClF3N2O6/c1-8-12-41-28(38)36-23(21-14-20(31)11-10-17(21)3)25(22(29(4,5)6)24(36)27(37)40-9-2)42-16-18-13-19(30(32,33)34)15-35-26(18)39-7/h8,10-11,13-15,22-25H,1,9,12,16H2,2-7H3/t22-,23+,24+,25+/m1/s1. The Kier molecular flexibility index (Phi) is 10.5. The third-order valence-corrected chi connectivity index (χ3v) is 7.34. The Bertz CT molecular complexity index is 1300. The molecule has 1 aromatic carbocycles. The fraction of sp³-hybridized carbons (Fsp3) is 0.500. The van der Waals surface area contributed by atoms with Crippen molar-refractivity contribution in [2.45, 2.75) is 65.6 Å². The number of nitrogens with zero attached hydrogens (tertiary/aromatic N) is 2. The lowest BCUT2D eigenvalue weighted by Gasteiger charge is -2.35. The third-order valence-electron chi connectivity index (χ3n) is 7.11. The minimum Gasteiger partial charge on any atom is -0.481 e. The maximum absolute atomic E-state index is 13.7. The van der Waals surface area contributed by atoms with Crippen LogP contribution in [0.4, 0.5) is 18.0 Å². The largest absolute Gasteiger partial charge is 0.481 e. The van der Waals surface area contributed by atoms with Gasteiger partial charge in [0.15, 0.2) is 0 Å². The number of hydrogen-bond donors (Lipinski definition) is 0. The van der Waals surface area contributed by atoms with Crippen LogP contribution >= 0.6 is 11.6 Å². The molecule has 0 radical (unpaired) electrons. The number of hydrogen-bond acceptors (Lipinski definition) is 7. The summed E-state index contributed by atoms with van der Waals surface area (Å²) in [5, 5.41) is 0.379. The van der Waals surface area contributed by atoms with Crippen molar-refractivity contribution >= 4 is 23.7 Å². The summed E-state index contributed by atoms with van der Waals surface area (Å²) in [5.74, 6) is -1.41. The number of carbonyl (C=O) groups is 2. The normalized spacial score (nSPS) is 20.8. The van der Waals surface area contributed by atoms with Crippen molar-refractivity contribution < 1.29 is 41.7 Å². The Labute approximate surface area is 248 Å². The Morgan fingerprint density at radius 1 is 1.17 bits per heavy atom. The first kappa shape index (κ1) is 33.2. The van der Waals surface area contributed by atoms with Gasteiger partial charge in [0.1, 0.15) is 12.6 Å². The van der Waals surface area contributed by atoms with Gasteiger partial charge in [-0.05, 0) is 48.6 Å². The molecule has 8 nitrogen and oxygen atoms in total. The lowest BCUT2D eigenvalue weighted by atomic mass is 9.73. The van der Waals surface area contributed by atoms with E-state index in [1.54, 1.807) is 25.1 Å². The molecule has 230 valence electrons. The number of likely N-dealkylation sites (tertiary alicyclic amines) is 1. The SMILES string of the molecule is C=CCOC(=O)N1[C@H](C(=O)OCC)[C@@H](C(C)(C)C)[C@H](OCc2cc(C(F)(F)F)cnc2OC)[C@@H]1c1cc(Cl)ccc1C. The van der Waals surface area contributed by atoms with E-state index in [1.807, 2.05) is 27.7 Å². The molecule has 3 rings (SSSR count). The minimum absolute atomic E-state index is 0.0434. The molecule has 0 N–H and O–H groups in total. The van der Waals surface area contributed by atoms with Crippen molar-refractivity contribution in [2.75, 3.05) is 20.3 Å². The van der Waals surface area contributed by atoms with Crippen molar-refractivity contribution in [1.29, 1.82) is 0 Å². The third kappa shape index (κ3) is 7.18. The van der Waals surface area contributed by atoms with E-state index < -0.39 is 53.3 Å². The van der Waals surface area contributed by atoms with Crippen LogP contribution in [0.15, 0.2) is 43.1 Å². The van der Waals surface area contributed by atoms with Gasteiger partial charge in [-0.3, -0.25) is 4.90 Å². The molecule has 2 aromatic rings. The number of rotatable bonds is 9. The molecule has 1 aromatic heterocycles. The molecule has 1 saturated heterocycles. The van der Waals surface area contributed by atoms with Gasteiger partial charge in [0.05, 0.1) is 38.0 Å². The first-order chi connectivity index (χ1) is 19.6. The molecule has 0 spiro atoms. The zero-order valence-corrected chi connectivity index (χ0v) is 25.2. The molecule has 0 aliphatic carbocycles. The summed E-state index contributed by atoms with van der Waals surface area (Å²) in [6, 6.07) is 3.96. The molecule has 1 amide bonds. The smallest absolute Gasteiger partial charge is 0.417 e. The molecule has 42 heavy (non-hydrogen) atoms. The van der Waals surface area contributed by atoms with Gasteiger partial charge < -0.3 is 18.9 Å². The van der Waals surface area contributed by atoms with E-state index in [-0.39, 0.29) is 31.3 Å². The van der Waals surface area contributed by atoms with Gasteiger partial charge in [0.2, 0.25) is 5.88 Å². The van der Waals surface area contributed by atoms with Gasteiger partial charge >= 0.3 is 18.2 Å². The van der Waals surface area contributed by atoms with Crippen molar-refractivity contribution in [1.82, 2.24) is 9.88 Å². The van der Waals surface area contributed by atoms with Crippen LogP contribution in [-0.4, -0.2) is 54.4 Å². The predicted molar refractivity (Wildman–Crippen MR) is 150 cm³/mol.